The molecule has 0 bridgehead atoms. The highest BCUT2D eigenvalue weighted by Gasteiger charge is 2.02. The molecular formula is C11H15Cl2NO2S. The Morgan fingerprint density at radius 1 is 1.24 bits per heavy atom. The Morgan fingerprint density at radius 2 is 1.94 bits per heavy atom. The zero-order chi connectivity index (χ0) is 12.9. The first-order valence-electron chi connectivity index (χ1n) is 5.21. The van der Waals surface area contributed by atoms with E-state index in [0.717, 1.165) is 12.0 Å². The minimum Gasteiger partial charge on any atom is -0.315 e. The second kappa shape index (κ2) is 6.59. The maximum atomic E-state index is 10.9. The first-order chi connectivity index (χ1) is 7.88. The number of hydrogen-bond donors (Lipinski definition) is 1. The third-order valence-electron chi connectivity index (χ3n) is 2.24. The van der Waals surface area contributed by atoms with Gasteiger partial charge in [-0.1, -0.05) is 29.3 Å². The van der Waals surface area contributed by atoms with Gasteiger partial charge in [-0.3, -0.25) is 0 Å². The number of nitrogens with one attached hydrogen (secondary N) is 1. The van der Waals surface area contributed by atoms with Crippen LogP contribution in [0.3, 0.4) is 0 Å². The molecule has 6 heteroatoms. The lowest BCUT2D eigenvalue weighted by molar-refractivity contribution is 0.596. The number of sulfone groups is 1. The van der Waals surface area contributed by atoms with E-state index in [2.05, 4.69) is 5.32 Å². The quantitative estimate of drug-likeness (QED) is 0.818. The summed E-state index contributed by atoms with van der Waals surface area (Å²) < 4.78 is 21.8. The molecule has 1 aromatic carbocycles. The number of halogens is 2. The van der Waals surface area contributed by atoms with Gasteiger partial charge in [-0.05, 0) is 30.7 Å². The average molecular weight is 296 g/mol. The van der Waals surface area contributed by atoms with Crippen molar-refractivity contribution in [3.8, 4) is 0 Å². The predicted molar refractivity (Wildman–Crippen MR) is 72.7 cm³/mol. The van der Waals surface area contributed by atoms with Crippen molar-refractivity contribution in [2.24, 2.45) is 0 Å². The van der Waals surface area contributed by atoms with Crippen LogP contribution < -0.4 is 5.32 Å². The Balaban J connectivity index is 2.32. The molecule has 3 nitrogen and oxygen atoms in total. The molecule has 0 heterocycles. The normalized spacial score (nSPS) is 11.7. The fraction of sp³-hybridized carbons (Fsp3) is 0.455. The maximum Gasteiger partial charge on any atom is 0.148 e. The Morgan fingerprint density at radius 3 is 2.53 bits per heavy atom. The molecule has 0 saturated carbocycles. The lowest BCUT2D eigenvalue weighted by Crippen LogP contribution is -2.24. The van der Waals surface area contributed by atoms with Crippen molar-refractivity contribution in [1.82, 2.24) is 5.32 Å². The molecule has 0 aliphatic carbocycles. The summed E-state index contributed by atoms with van der Waals surface area (Å²) in [6, 6.07) is 5.37. The van der Waals surface area contributed by atoms with Crippen LogP contribution in [0.5, 0.6) is 0 Å². The van der Waals surface area contributed by atoms with Crippen molar-refractivity contribution in [2.45, 2.75) is 6.42 Å². The van der Waals surface area contributed by atoms with Gasteiger partial charge in [0.25, 0.3) is 0 Å². The SMILES string of the molecule is CS(=O)(=O)CCNCCc1ccc(Cl)cc1Cl. The van der Waals surface area contributed by atoms with Crippen molar-refractivity contribution in [3.05, 3.63) is 33.8 Å². The molecular weight excluding hydrogens is 281 g/mol. The zero-order valence-corrected chi connectivity index (χ0v) is 11.9. The predicted octanol–water partition coefficient (Wildman–Crippen LogP) is 2.17. The first-order valence-corrected chi connectivity index (χ1v) is 8.02. The molecule has 17 heavy (non-hydrogen) atoms. The summed E-state index contributed by atoms with van der Waals surface area (Å²) in [7, 11) is -2.89. The van der Waals surface area contributed by atoms with Crippen molar-refractivity contribution < 1.29 is 8.42 Å². The minimum absolute atomic E-state index is 0.154. The van der Waals surface area contributed by atoms with Gasteiger partial charge in [0.05, 0.1) is 5.75 Å². The fourth-order valence-electron chi connectivity index (χ4n) is 1.33. The first kappa shape index (κ1) is 14.8. The summed E-state index contributed by atoms with van der Waals surface area (Å²) in [5.74, 6) is 0.154. The van der Waals surface area contributed by atoms with Gasteiger partial charge >= 0.3 is 0 Å². The molecule has 0 atom stereocenters. The van der Waals surface area contributed by atoms with E-state index in [1.807, 2.05) is 6.07 Å². The Labute approximate surface area is 112 Å². The highest BCUT2D eigenvalue weighted by atomic mass is 35.5. The molecule has 0 saturated heterocycles. The van der Waals surface area contributed by atoms with E-state index in [9.17, 15) is 8.42 Å². The lowest BCUT2D eigenvalue weighted by atomic mass is 10.1. The van der Waals surface area contributed by atoms with Crippen molar-refractivity contribution in [3.63, 3.8) is 0 Å². The van der Waals surface area contributed by atoms with Crippen molar-refractivity contribution in [2.75, 3.05) is 25.1 Å². The van der Waals surface area contributed by atoms with Gasteiger partial charge in [-0.15, -0.1) is 0 Å². The van der Waals surface area contributed by atoms with Gasteiger partial charge in [0, 0.05) is 22.8 Å². The summed E-state index contributed by atoms with van der Waals surface area (Å²) in [6.07, 6.45) is 1.98. The highest BCUT2D eigenvalue weighted by Crippen LogP contribution is 2.20. The fourth-order valence-corrected chi connectivity index (χ4v) is 2.35. The lowest BCUT2D eigenvalue weighted by Gasteiger charge is -2.06. The van der Waals surface area contributed by atoms with Crippen LogP contribution in [0.4, 0.5) is 0 Å². The molecule has 0 radical (unpaired) electrons. The van der Waals surface area contributed by atoms with Crippen LogP contribution in [0, 0.1) is 0 Å². The number of benzene rings is 1. The standard InChI is InChI=1S/C11H15Cl2NO2S/c1-17(15,16)7-6-14-5-4-9-2-3-10(12)8-11(9)13/h2-3,8,14H,4-7H2,1H3. The van der Waals surface area contributed by atoms with Crippen LogP contribution >= 0.6 is 23.2 Å². The van der Waals surface area contributed by atoms with Crippen LogP contribution in [0.25, 0.3) is 0 Å². The molecule has 96 valence electrons. The van der Waals surface area contributed by atoms with E-state index < -0.39 is 9.84 Å². The van der Waals surface area contributed by atoms with Gasteiger partial charge in [-0.2, -0.15) is 0 Å². The van der Waals surface area contributed by atoms with Gasteiger partial charge < -0.3 is 5.32 Å². The summed E-state index contributed by atoms with van der Waals surface area (Å²) in [5.41, 5.74) is 1.00. The second-order valence-corrected chi connectivity index (χ2v) is 6.97. The van der Waals surface area contributed by atoms with E-state index >= 15 is 0 Å². The second-order valence-electron chi connectivity index (χ2n) is 3.87. The van der Waals surface area contributed by atoms with Crippen LogP contribution in [0.2, 0.25) is 10.0 Å². The molecule has 0 aromatic heterocycles. The Bertz CT molecular complexity index is 474. The zero-order valence-electron chi connectivity index (χ0n) is 9.54. The molecule has 0 unspecified atom stereocenters. The van der Waals surface area contributed by atoms with E-state index in [1.165, 1.54) is 6.26 Å². The monoisotopic (exact) mass is 295 g/mol. The summed E-state index contributed by atoms with van der Waals surface area (Å²) in [4.78, 5) is 0. The van der Waals surface area contributed by atoms with Crippen molar-refractivity contribution >= 4 is 33.0 Å². The van der Waals surface area contributed by atoms with Crippen LogP contribution in [-0.4, -0.2) is 33.5 Å². The number of rotatable bonds is 6. The third-order valence-corrected chi connectivity index (χ3v) is 3.77. The molecule has 0 aliphatic rings. The van der Waals surface area contributed by atoms with Crippen LogP contribution in [0.15, 0.2) is 18.2 Å². The van der Waals surface area contributed by atoms with E-state index in [1.54, 1.807) is 12.1 Å². The minimum atomic E-state index is -2.89. The molecule has 1 N–H and O–H groups in total. The molecule has 0 amide bonds. The van der Waals surface area contributed by atoms with Gasteiger partial charge in [0.15, 0.2) is 0 Å². The summed E-state index contributed by atoms with van der Waals surface area (Å²) in [6.45, 7) is 1.15. The van der Waals surface area contributed by atoms with E-state index in [-0.39, 0.29) is 5.75 Å². The van der Waals surface area contributed by atoms with Gasteiger partial charge in [0.2, 0.25) is 0 Å². The smallest absolute Gasteiger partial charge is 0.148 e. The summed E-state index contributed by atoms with van der Waals surface area (Å²) in [5, 5.41) is 4.32. The van der Waals surface area contributed by atoms with E-state index in [4.69, 9.17) is 23.2 Å². The topological polar surface area (TPSA) is 46.2 Å². The molecule has 0 fully saturated rings. The largest absolute Gasteiger partial charge is 0.315 e. The maximum absolute atomic E-state index is 10.9. The Hall–Kier alpha value is -0.290. The van der Waals surface area contributed by atoms with Crippen LogP contribution in [0.1, 0.15) is 5.56 Å². The summed E-state index contributed by atoms with van der Waals surface area (Å²) >= 11 is 11.8. The molecule has 0 aliphatic heterocycles. The molecule has 1 rings (SSSR count). The Kier molecular flexibility index (Phi) is 5.73. The average Bonchev–Trinajstić information content (AvgIpc) is 2.18. The van der Waals surface area contributed by atoms with Crippen molar-refractivity contribution in [1.29, 1.82) is 0 Å². The number of hydrogen-bond acceptors (Lipinski definition) is 3. The third kappa shape index (κ3) is 6.27. The van der Waals surface area contributed by atoms with Gasteiger partial charge in [0.1, 0.15) is 9.84 Å². The molecule has 0 spiro atoms. The highest BCUT2D eigenvalue weighted by molar-refractivity contribution is 7.90. The molecule has 1 aromatic rings. The van der Waals surface area contributed by atoms with Gasteiger partial charge in [-0.25, -0.2) is 8.42 Å². The van der Waals surface area contributed by atoms with E-state index in [0.29, 0.717) is 23.1 Å². The van der Waals surface area contributed by atoms with Crippen LogP contribution in [-0.2, 0) is 16.3 Å².